The molecule has 0 radical (unpaired) electrons. The second kappa shape index (κ2) is 5.01. The van der Waals surface area contributed by atoms with Crippen LogP contribution in [-0.2, 0) is 0 Å². The van der Waals surface area contributed by atoms with Gasteiger partial charge in [0.1, 0.15) is 13.2 Å². The van der Waals surface area contributed by atoms with Gasteiger partial charge in [-0.25, -0.2) is 4.99 Å². The topological polar surface area (TPSA) is 121 Å². The number of nitrogens with two attached hydrogens (primary N) is 3. The molecule has 0 amide bonds. The minimum atomic E-state index is -0.176. The fourth-order valence-electron chi connectivity index (χ4n) is 1.42. The van der Waals surface area contributed by atoms with E-state index in [4.69, 9.17) is 38.3 Å². The van der Waals surface area contributed by atoms with Gasteiger partial charge in [0.15, 0.2) is 17.5 Å². The number of hydrogen-bond acceptors (Lipinski definition) is 3. The van der Waals surface area contributed by atoms with E-state index in [9.17, 15) is 0 Å². The predicted octanol–water partition coefficient (Wildman–Crippen LogP) is 0.331. The van der Waals surface area contributed by atoms with Crippen LogP contribution in [0.1, 0.15) is 0 Å². The van der Waals surface area contributed by atoms with Crippen LogP contribution in [-0.4, -0.2) is 25.1 Å². The third-order valence-corrected chi connectivity index (χ3v) is 2.39. The SMILES string of the molecule is NC(N)=NC(N)=Nc1cc2c(cc1Cl)OCCO2. The molecule has 2 rings (SSSR count). The first kappa shape index (κ1) is 12.3. The third-order valence-electron chi connectivity index (χ3n) is 2.09. The molecule has 18 heavy (non-hydrogen) atoms. The van der Waals surface area contributed by atoms with Crippen LogP contribution in [0, 0.1) is 0 Å². The van der Waals surface area contributed by atoms with Gasteiger partial charge in [-0.3, -0.25) is 0 Å². The molecule has 0 spiro atoms. The Morgan fingerprint density at radius 3 is 2.33 bits per heavy atom. The summed E-state index contributed by atoms with van der Waals surface area (Å²) in [6.45, 7) is 0.962. The molecule has 0 atom stereocenters. The van der Waals surface area contributed by atoms with Gasteiger partial charge in [-0.15, -0.1) is 0 Å². The van der Waals surface area contributed by atoms with Crippen molar-refractivity contribution < 1.29 is 9.47 Å². The minimum absolute atomic E-state index is 0.0893. The van der Waals surface area contributed by atoms with Crippen LogP contribution in [0.4, 0.5) is 5.69 Å². The van der Waals surface area contributed by atoms with Crippen molar-refractivity contribution in [3.05, 3.63) is 17.2 Å². The average molecular weight is 270 g/mol. The van der Waals surface area contributed by atoms with Gasteiger partial charge in [-0.2, -0.15) is 4.99 Å². The van der Waals surface area contributed by atoms with E-state index in [1.165, 1.54) is 0 Å². The number of fused-ring (bicyclic) bond motifs is 1. The van der Waals surface area contributed by atoms with Crippen molar-refractivity contribution in [2.24, 2.45) is 27.2 Å². The molecule has 6 N–H and O–H groups in total. The monoisotopic (exact) mass is 269 g/mol. The third kappa shape index (κ3) is 2.75. The molecule has 7 nitrogen and oxygen atoms in total. The molecule has 0 unspecified atom stereocenters. The molecule has 0 saturated heterocycles. The lowest BCUT2D eigenvalue weighted by atomic mass is 10.2. The summed E-state index contributed by atoms with van der Waals surface area (Å²) in [7, 11) is 0. The second-order valence-corrected chi connectivity index (χ2v) is 3.86. The van der Waals surface area contributed by atoms with Crippen molar-refractivity contribution in [2.75, 3.05) is 13.2 Å². The second-order valence-electron chi connectivity index (χ2n) is 3.45. The van der Waals surface area contributed by atoms with E-state index >= 15 is 0 Å². The Morgan fingerprint density at radius 1 is 1.11 bits per heavy atom. The van der Waals surface area contributed by atoms with Gasteiger partial charge in [0.05, 0.1) is 10.7 Å². The van der Waals surface area contributed by atoms with Crippen LogP contribution < -0.4 is 26.7 Å². The largest absolute Gasteiger partial charge is 0.486 e. The molecule has 0 aromatic heterocycles. The van der Waals surface area contributed by atoms with Gasteiger partial charge < -0.3 is 26.7 Å². The first-order valence-corrected chi connectivity index (χ1v) is 5.47. The summed E-state index contributed by atoms with van der Waals surface area (Å²) < 4.78 is 10.8. The summed E-state index contributed by atoms with van der Waals surface area (Å²) >= 11 is 6.03. The van der Waals surface area contributed by atoms with Crippen LogP contribution in [0.5, 0.6) is 11.5 Å². The highest BCUT2D eigenvalue weighted by Gasteiger charge is 2.15. The molecule has 0 saturated carbocycles. The lowest BCUT2D eigenvalue weighted by Crippen LogP contribution is -2.26. The quantitative estimate of drug-likeness (QED) is 0.501. The van der Waals surface area contributed by atoms with Gasteiger partial charge in [0, 0.05) is 12.1 Å². The van der Waals surface area contributed by atoms with Crippen molar-refractivity contribution in [2.45, 2.75) is 0 Å². The van der Waals surface area contributed by atoms with Crippen molar-refractivity contribution in [3.8, 4) is 11.5 Å². The Bertz CT molecular complexity index is 525. The Morgan fingerprint density at radius 2 is 1.72 bits per heavy atom. The molecule has 1 aromatic carbocycles. The first-order chi connectivity index (χ1) is 8.56. The lowest BCUT2D eigenvalue weighted by Gasteiger charge is -2.18. The molecule has 0 bridgehead atoms. The summed E-state index contributed by atoms with van der Waals surface area (Å²) in [5, 5.41) is 0.369. The zero-order valence-corrected chi connectivity index (χ0v) is 10.1. The Labute approximate surface area is 108 Å². The number of benzene rings is 1. The molecular formula is C10H12ClN5O2. The molecule has 1 aliphatic heterocycles. The van der Waals surface area contributed by atoms with Crippen molar-refractivity contribution in [1.29, 1.82) is 0 Å². The highest BCUT2D eigenvalue weighted by molar-refractivity contribution is 6.33. The van der Waals surface area contributed by atoms with Gasteiger partial charge in [-0.1, -0.05) is 11.6 Å². The van der Waals surface area contributed by atoms with Crippen LogP contribution >= 0.6 is 11.6 Å². The maximum Gasteiger partial charge on any atom is 0.223 e. The fraction of sp³-hybridized carbons (Fsp3) is 0.200. The number of aliphatic imine (C=N–C) groups is 2. The van der Waals surface area contributed by atoms with E-state index < -0.39 is 0 Å². The van der Waals surface area contributed by atoms with E-state index in [0.717, 1.165) is 0 Å². The first-order valence-electron chi connectivity index (χ1n) is 5.09. The zero-order valence-electron chi connectivity index (χ0n) is 9.39. The minimum Gasteiger partial charge on any atom is -0.486 e. The molecule has 8 heteroatoms. The zero-order chi connectivity index (χ0) is 13.1. The summed E-state index contributed by atoms with van der Waals surface area (Å²) in [4.78, 5) is 7.58. The highest BCUT2D eigenvalue weighted by Crippen LogP contribution is 2.39. The maximum absolute atomic E-state index is 6.03. The normalized spacial score (nSPS) is 14.2. The number of ether oxygens (including phenoxy) is 2. The summed E-state index contributed by atoms with van der Waals surface area (Å²) in [5.74, 6) is 0.867. The molecule has 0 fully saturated rings. The van der Waals surface area contributed by atoms with Gasteiger partial charge in [0.25, 0.3) is 0 Å². The van der Waals surface area contributed by atoms with E-state index in [-0.39, 0.29) is 11.9 Å². The van der Waals surface area contributed by atoms with E-state index in [1.54, 1.807) is 12.1 Å². The van der Waals surface area contributed by atoms with Gasteiger partial charge in [0.2, 0.25) is 5.96 Å². The molecule has 1 aromatic rings. The summed E-state index contributed by atoms with van der Waals surface area (Å²) in [6.07, 6.45) is 0. The van der Waals surface area contributed by atoms with E-state index in [1.807, 2.05) is 0 Å². The van der Waals surface area contributed by atoms with Crippen LogP contribution in [0.15, 0.2) is 22.1 Å². The predicted molar refractivity (Wildman–Crippen MR) is 69.5 cm³/mol. The smallest absolute Gasteiger partial charge is 0.223 e. The molecule has 96 valence electrons. The van der Waals surface area contributed by atoms with Crippen LogP contribution in [0.2, 0.25) is 5.02 Å². The summed E-state index contributed by atoms with van der Waals surface area (Å²) in [6, 6.07) is 3.23. The molecular weight excluding hydrogens is 258 g/mol. The lowest BCUT2D eigenvalue weighted by molar-refractivity contribution is 0.171. The average Bonchev–Trinajstić information content (AvgIpc) is 2.29. The fourth-order valence-corrected chi connectivity index (χ4v) is 1.62. The van der Waals surface area contributed by atoms with E-state index in [0.29, 0.717) is 35.4 Å². The maximum atomic E-state index is 6.03. The van der Waals surface area contributed by atoms with Crippen LogP contribution in [0.25, 0.3) is 0 Å². The number of hydrogen-bond donors (Lipinski definition) is 3. The van der Waals surface area contributed by atoms with Crippen molar-refractivity contribution in [3.63, 3.8) is 0 Å². The van der Waals surface area contributed by atoms with Crippen LogP contribution in [0.3, 0.4) is 0 Å². The number of guanidine groups is 2. The van der Waals surface area contributed by atoms with Crippen molar-refractivity contribution in [1.82, 2.24) is 0 Å². The molecule has 1 aliphatic rings. The Balaban J connectivity index is 2.37. The Hall–Kier alpha value is -2.15. The number of rotatable bonds is 1. The number of halogens is 1. The Kier molecular flexibility index (Phi) is 3.42. The number of nitrogens with zero attached hydrogens (tertiary/aromatic N) is 2. The molecule has 0 aliphatic carbocycles. The van der Waals surface area contributed by atoms with Gasteiger partial charge >= 0.3 is 0 Å². The standard InChI is InChI=1S/C10H12ClN5O2/c11-5-3-7-8(18-2-1-17-7)4-6(5)15-10(14)16-9(12)13/h3-4H,1-2H2,(H6,12,13,14,15,16). The highest BCUT2D eigenvalue weighted by atomic mass is 35.5. The van der Waals surface area contributed by atoms with E-state index in [2.05, 4.69) is 9.98 Å². The van der Waals surface area contributed by atoms with Gasteiger partial charge in [-0.05, 0) is 0 Å². The summed E-state index contributed by atoms with van der Waals surface area (Å²) in [5.41, 5.74) is 16.3. The van der Waals surface area contributed by atoms with Crippen molar-refractivity contribution >= 4 is 29.2 Å². The molecule has 1 heterocycles.